The van der Waals surface area contributed by atoms with Crippen LogP contribution in [-0.2, 0) is 0 Å². The fourth-order valence-electron chi connectivity index (χ4n) is 4.14. The average Bonchev–Trinajstić information content (AvgIpc) is 3.48. The molecule has 0 saturated heterocycles. The van der Waals surface area contributed by atoms with Crippen LogP contribution in [0, 0.1) is 6.92 Å². The summed E-state index contributed by atoms with van der Waals surface area (Å²) < 4.78 is 8.91. The van der Waals surface area contributed by atoms with E-state index in [0.29, 0.717) is 33.4 Å². The number of benzene rings is 2. The zero-order valence-electron chi connectivity index (χ0n) is 16.8. The fourth-order valence-corrected chi connectivity index (χ4v) is 4.89. The van der Waals surface area contributed by atoms with Gasteiger partial charge in [0.05, 0.1) is 16.4 Å². The van der Waals surface area contributed by atoms with E-state index >= 15 is 0 Å². The van der Waals surface area contributed by atoms with E-state index in [4.69, 9.17) is 32.7 Å². The van der Waals surface area contributed by atoms with E-state index in [2.05, 4.69) is 26.1 Å². The molecule has 0 amide bonds. The predicted octanol–water partition coefficient (Wildman–Crippen LogP) is 7.62. The van der Waals surface area contributed by atoms with Crippen LogP contribution in [0.3, 0.4) is 0 Å². The molecule has 0 radical (unpaired) electrons. The van der Waals surface area contributed by atoms with Crippen LogP contribution in [0.1, 0.15) is 43.1 Å². The summed E-state index contributed by atoms with van der Waals surface area (Å²) >= 11 is 16.2. The lowest BCUT2D eigenvalue weighted by Gasteiger charge is -2.11. The van der Waals surface area contributed by atoms with Crippen molar-refractivity contribution in [2.24, 2.45) is 0 Å². The van der Waals surface area contributed by atoms with Gasteiger partial charge < -0.3 is 4.42 Å². The molecule has 2 aromatic carbocycles. The largest absolute Gasteiger partial charge is 0.419 e. The number of nitrogens with zero attached hydrogens (tertiary/aromatic N) is 4. The van der Waals surface area contributed by atoms with Gasteiger partial charge in [0.15, 0.2) is 5.69 Å². The summed E-state index contributed by atoms with van der Waals surface area (Å²) in [5.41, 5.74) is 4.23. The summed E-state index contributed by atoms with van der Waals surface area (Å²) in [6, 6.07) is 13.5. The molecule has 0 N–H and O–H groups in total. The molecule has 1 aliphatic rings. The van der Waals surface area contributed by atoms with Gasteiger partial charge in [-0.25, -0.2) is 4.68 Å². The lowest BCUT2D eigenvalue weighted by molar-refractivity contribution is 0.456. The topological polar surface area (TPSA) is 56.7 Å². The monoisotopic (exact) mass is 516 g/mol. The van der Waals surface area contributed by atoms with Gasteiger partial charge in [0.25, 0.3) is 5.89 Å². The van der Waals surface area contributed by atoms with Crippen LogP contribution in [-0.4, -0.2) is 20.0 Å². The Morgan fingerprint density at radius 2 is 1.77 bits per heavy atom. The maximum Gasteiger partial charge on any atom is 0.268 e. The molecule has 2 heterocycles. The summed E-state index contributed by atoms with van der Waals surface area (Å²) in [5, 5.41) is 14.6. The molecule has 0 aliphatic heterocycles. The van der Waals surface area contributed by atoms with Crippen molar-refractivity contribution in [2.45, 2.75) is 38.5 Å². The lowest BCUT2D eigenvalue weighted by Crippen LogP contribution is -2.00. The number of rotatable bonds is 4. The van der Waals surface area contributed by atoms with Gasteiger partial charge in [0.1, 0.15) is 0 Å². The summed E-state index contributed by atoms with van der Waals surface area (Å²) in [4.78, 5) is 0. The summed E-state index contributed by atoms with van der Waals surface area (Å²) in [6.07, 6.45) is 4.61. The highest BCUT2D eigenvalue weighted by atomic mass is 79.9. The van der Waals surface area contributed by atoms with Crippen molar-refractivity contribution < 1.29 is 4.42 Å². The van der Waals surface area contributed by atoms with Crippen molar-refractivity contribution in [3.63, 3.8) is 0 Å². The molecule has 158 valence electrons. The standard InChI is InChI=1S/C23H19BrCl2N4O/c1-13-20(23-28-27-22(31-23)15-4-2-3-5-15)29-30(19-11-10-17(25)12-18(19)26)21(13)14-6-8-16(24)9-7-14/h6-12,15H,2-5H2,1H3. The molecule has 8 heteroatoms. The van der Waals surface area contributed by atoms with Gasteiger partial charge in [-0.15, -0.1) is 10.2 Å². The highest BCUT2D eigenvalue weighted by Crippen LogP contribution is 2.38. The second-order valence-electron chi connectivity index (χ2n) is 7.76. The normalized spacial score (nSPS) is 14.5. The van der Waals surface area contributed by atoms with E-state index in [1.165, 1.54) is 12.8 Å². The van der Waals surface area contributed by atoms with Crippen molar-refractivity contribution in [3.05, 3.63) is 68.4 Å². The Hall–Kier alpha value is -2.15. The quantitative estimate of drug-likeness (QED) is 0.279. The van der Waals surface area contributed by atoms with E-state index in [1.54, 1.807) is 12.1 Å². The minimum Gasteiger partial charge on any atom is -0.419 e. The average molecular weight is 518 g/mol. The Morgan fingerprint density at radius 1 is 1.03 bits per heavy atom. The highest BCUT2D eigenvalue weighted by molar-refractivity contribution is 9.10. The van der Waals surface area contributed by atoms with Gasteiger partial charge in [0.2, 0.25) is 5.89 Å². The second kappa shape index (κ2) is 8.41. The zero-order valence-corrected chi connectivity index (χ0v) is 19.9. The second-order valence-corrected chi connectivity index (χ2v) is 9.52. The number of hydrogen-bond donors (Lipinski definition) is 0. The SMILES string of the molecule is Cc1c(-c2nnc(C3CCCC3)o2)nn(-c2ccc(Cl)cc2Cl)c1-c1ccc(Br)cc1. The molecular formula is C23H19BrCl2N4O. The smallest absolute Gasteiger partial charge is 0.268 e. The van der Waals surface area contributed by atoms with Gasteiger partial charge in [-0.2, -0.15) is 5.10 Å². The van der Waals surface area contributed by atoms with E-state index in [-0.39, 0.29) is 0 Å². The molecule has 5 nitrogen and oxygen atoms in total. The Kier molecular flexibility index (Phi) is 5.63. The van der Waals surface area contributed by atoms with Crippen LogP contribution in [0.25, 0.3) is 28.5 Å². The van der Waals surface area contributed by atoms with Crippen molar-refractivity contribution >= 4 is 39.1 Å². The van der Waals surface area contributed by atoms with Crippen molar-refractivity contribution in [2.75, 3.05) is 0 Å². The molecule has 1 aliphatic carbocycles. The minimum atomic E-state index is 0.347. The first-order valence-corrected chi connectivity index (χ1v) is 11.7. The number of halogens is 3. The van der Waals surface area contributed by atoms with Crippen LogP contribution in [0.4, 0.5) is 0 Å². The van der Waals surface area contributed by atoms with E-state index in [1.807, 2.05) is 41.9 Å². The summed E-state index contributed by atoms with van der Waals surface area (Å²) in [6.45, 7) is 2.01. The van der Waals surface area contributed by atoms with Crippen molar-refractivity contribution in [1.29, 1.82) is 0 Å². The van der Waals surface area contributed by atoms with Crippen LogP contribution in [0.5, 0.6) is 0 Å². The van der Waals surface area contributed by atoms with Crippen LogP contribution < -0.4 is 0 Å². The molecular weight excluding hydrogens is 499 g/mol. The van der Waals surface area contributed by atoms with Gasteiger partial charge in [-0.1, -0.05) is 64.1 Å². The van der Waals surface area contributed by atoms with Gasteiger partial charge in [-0.05, 0) is 50.1 Å². The zero-order chi connectivity index (χ0) is 21.5. The molecule has 1 fully saturated rings. The molecule has 0 unspecified atom stereocenters. The van der Waals surface area contributed by atoms with Gasteiger partial charge >= 0.3 is 0 Å². The van der Waals surface area contributed by atoms with Crippen molar-refractivity contribution in [3.8, 4) is 28.5 Å². The first-order valence-electron chi connectivity index (χ1n) is 10.2. The maximum absolute atomic E-state index is 6.54. The highest BCUT2D eigenvalue weighted by Gasteiger charge is 2.27. The van der Waals surface area contributed by atoms with Crippen LogP contribution in [0.15, 0.2) is 51.4 Å². The number of aromatic nitrogens is 4. The fraction of sp³-hybridized carbons (Fsp3) is 0.261. The molecule has 0 spiro atoms. The molecule has 31 heavy (non-hydrogen) atoms. The molecule has 2 aromatic heterocycles. The first-order chi connectivity index (χ1) is 15.0. The third kappa shape index (κ3) is 3.93. The first kappa shape index (κ1) is 20.7. The van der Waals surface area contributed by atoms with E-state index in [0.717, 1.165) is 39.8 Å². The van der Waals surface area contributed by atoms with Crippen LogP contribution in [0.2, 0.25) is 10.0 Å². The van der Waals surface area contributed by atoms with E-state index < -0.39 is 0 Å². The third-order valence-electron chi connectivity index (χ3n) is 5.73. The Labute approximate surface area is 198 Å². The van der Waals surface area contributed by atoms with Gasteiger partial charge in [0, 0.05) is 26.5 Å². The van der Waals surface area contributed by atoms with E-state index in [9.17, 15) is 0 Å². The number of hydrogen-bond acceptors (Lipinski definition) is 4. The minimum absolute atomic E-state index is 0.347. The lowest BCUT2D eigenvalue weighted by atomic mass is 10.1. The Balaban J connectivity index is 1.67. The molecule has 1 saturated carbocycles. The third-order valence-corrected chi connectivity index (χ3v) is 6.79. The molecule has 4 aromatic rings. The van der Waals surface area contributed by atoms with Gasteiger partial charge in [-0.3, -0.25) is 0 Å². The molecule has 0 bridgehead atoms. The Bertz CT molecular complexity index is 1240. The molecule has 5 rings (SSSR count). The molecule has 0 atom stereocenters. The van der Waals surface area contributed by atoms with Crippen molar-refractivity contribution in [1.82, 2.24) is 20.0 Å². The maximum atomic E-state index is 6.54. The Morgan fingerprint density at radius 3 is 2.48 bits per heavy atom. The summed E-state index contributed by atoms with van der Waals surface area (Å²) in [7, 11) is 0. The van der Waals surface area contributed by atoms with Crippen LogP contribution >= 0.6 is 39.1 Å². The predicted molar refractivity (Wildman–Crippen MR) is 126 cm³/mol. The summed E-state index contributed by atoms with van der Waals surface area (Å²) in [5.74, 6) is 1.48.